The maximum absolute atomic E-state index is 12.5. The quantitative estimate of drug-likeness (QED) is 0.674. The summed E-state index contributed by atoms with van der Waals surface area (Å²) < 4.78 is 37.6. The van der Waals surface area contributed by atoms with Crippen LogP contribution in [0.1, 0.15) is 34.5 Å². The highest BCUT2D eigenvalue weighted by Crippen LogP contribution is 2.29. The van der Waals surface area contributed by atoms with E-state index in [0.29, 0.717) is 5.56 Å². The Morgan fingerprint density at radius 1 is 1.08 bits per heavy atom. The topological polar surface area (TPSA) is 72.2 Å². The zero-order chi connectivity index (χ0) is 17.9. The van der Waals surface area contributed by atoms with Gasteiger partial charge in [-0.3, -0.25) is 14.9 Å². The number of nitrogens with one attached hydrogen (secondary N) is 1. The van der Waals surface area contributed by atoms with Crippen molar-refractivity contribution in [3.8, 4) is 0 Å². The van der Waals surface area contributed by atoms with Crippen molar-refractivity contribution in [1.82, 2.24) is 5.32 Å². The predicted molar refractivity (Wildman–Crippen MR) is 80.4 cm³/mol. The van der Waals surface area contributed by atoms with Crippen molar-refractivity contribution in [2.24, 2.45) is 0 Å². The van der Waals surface area contributed by atoms with Gasteiger partial charge in [0, 0.05) is 17.7 Å². The van der Waals surface area contributed by atoms with E-state index in [0.717, 1.165) is 12.1 Å². The van der Waals surface area contributed by atoms with E-state index in [-0.39, 0.29) is 11.3 Å². The van der Waals surface area contributed by atoms with Crippen molar-refractivity contribution in [3.05, 3.63) is 75.3 Å². The van der Waals surface area contributed by atoms with E-state index in [1.54, 1.807) is 6.92 Å². The number of nitro groups is 1. The van der Waals surface area contributed by atoms with Crippen LogP contribution in [0.3, 0.4) is 0 Å². The fourth-order valence-electron chi connectivity index (χ4n) is 2.06. The number of alkyl halides is 3. The number of amides is 1. The molecule has 1 atom stereocenters. The Balaban J connectivity index is 2.07. The molecule has 2 rings (SSSR count). The lowest BCUT2D eigenvalue weighted by Crippen LogP contribution is -2.26. The largest absolute Gasteiger partial charge is 0.416 e. The van der Waals surface area contributed by atoms with Gasteiger partial charge >= 0.3 is 6.18 Å². The van der Waals surface area contributed by atoms with E-state index in [4.69, 9.17) is 0 Å². The molecule has 0 spiro atoms. The SMILES string of the molecule is C[C@H](NC(=O)c1ccc([N+](=O)[O-])cc1)c1ccc(C(F)(F)F)cc1. The molecule has 0 aliphatic heterocycles. The van der Waals surface area contributed by atoms with Crippen LogP contribution in [-0.4, -0.2) is 10.8 Å². The van der Waals surface area contributed by atoms with Gasteiger partial charge in [-0.2, -0.15) is 13.2 Å². The zero-order valence-corrected chi connectivity index (χ0v) is 12.5. The second-order valence-electron chi connectivity index (χ2n) is 5.12. The summed E-state index contributed by atoms with van der Waals surface area (Å²) in [6.07, 6.45) is -4.41. The van der Waals surface area contributed by atoms with E-state index < -0.39 is 28.6 Å². The van der Waals surface area contributed by atoms with Crippen molar-refractivity contribution in [2.45, 2.75) is 19.1 Å². The second-order valence-corrected chi connectivity index (χ2v) is 5.12. The van der Waals surface area contributed by atoms with Gasteiger partial charge in [-0.1, -0.05) is 12.1 Å². The van der Waals surface area contributed by atoms with Crippen molar-refractivity contribution >= 4 is 11.6 Å². The molecule has 0 fully saturated rings. The fraction of sp³-hybridized carbons (Fsp3) is 0.188. The van der Waals surface area contributed by atoms with Gasteiger partial charge in [0.05, 0.1) is 16.5 Å². The molecule has 0 aliphatic rings. The number of benzene rings is 2. The summed E-state index contributed by atoms with van der Waals surface area (Å²) in [4.78, 5) is 22.1. The minimum atomic E-state index is -4.41. The molecular weight excluding hydrogens is 325 g/mol. The van der Waals surface area contributed by atoms with Gasteiger partial charge in [-0.25, -0.2) is 0 Å². The number of nitrogens with zero attached hydrogens (tertiary/aromatic N) is 1. The van der Waals surface area contributed by atoms with Crippen LogP contribution in [-0.2, 0) is 6.18 Å². The Bertz CT molecular complexity index is 741. The van der Waals surface area contributed by atoms with Gasteiger partial charge in [-0.15, -0.1) is 0 Å². The molecule has 0 radical (unpaired) electrons. The summed E-state index contributed by atoms with van der Waals surface area (Å²) in [5.74, 6) is -0.475. The molecule has 0 unspecified atom stereocenters. The van der Waals surface area contributed by atoms with Crippen LogP contribution >= 0.6 is 0 Å². The number of hydrogen-bond donors (Lipinski definition) is 1. The van der Waals surface area contributed by atoms with Gasteiger partial charge in [0.2, 0.25) is 0 Å². The van der Waals surface area contributed by atoms with Crippen LogP contribution < -0.4 is 5.32 Å². The number of hydrogen-bond acceptors (Lipinski definition) is 3. The monoisotopic (exact) mass is 338 g/mol. The van der Waals surface area contributed by atoms with Crippen LogP contribution in [0.2, 0.25) is 0 Å². The number of nitro benzene ring substituents is 1. The molecule has 0 heterocycles. The van der Waals surface area contributed by atoms with E-state index in [2.05, 4.69) is 5.32 Å². The second kappa shape index (κ2) is 6.69. The Hall–Kier alpha value is -2.90. The standard InChI is InChI=1S/C16H13F3N2O3/c1-10(11-2-6-13(7-3-11)16(17,18)19)20-15(22)12-4-8-14(9-5-12)21(23)24/h2-10H,1H3,(H,20,22)/t10-/m0/s1. The molecule has 0 bridgehead atoms. The first kappa shape index (κ1) is 17.5. The van der Waals surface area contributed by atoms with Crippen LogP contribution in [0.25, 0.3) is 0 Å². The molecule has 1 N–H and O–H groups in total. The molecule has 0 aliphatic carbocycles. The first-order valence-corrected chi connectivity index (χ1v) is 6.91. The lowest BCUT2D eigenvalue weighted by atomic mass is 10.1. The number of non-ortho nitro benzene ring substituents is 1. The Labute approximate surface area is 135 Å². The highest BCUT2D eigenvalue weighted by molar-refractivity contribution is 5.94. The van der Waals surface area contributed by atoms with Crippen LogP contribution in [0.5, 0.6) is 0 Å². The lowest BCUT2D eigenvalue weighted by molar-refractivity contribution is -0.384. The maximum Gasteiger partial charge on any atom is 0.416 e. The van der Waals surface area contributed by atoms with Gasteiger partial charge in [0.1, 0.15) is 0 Å². The highest BCUT2D eigenvalue weighted by atomic mass is 19.4. The van der Waals surface area contributed by atoms with Crippen molar-refractivity contribution in [1.29, 1.82) is 0 Å². The summed E-state index contributed by atoms with van der Waals surface area (Å²) in [5.41, 5.74) is -0.167. The Morgan fingerprint density at radius 2 is 1.62 bits per heavy atom. The molecule has 24 heavy (non-hydrogen) atoms. The first-order chi connectivity index (χ1) is 11.2. The molecule has 5 nitrogen and oxygen atoms in total. The van der Waals surface area contributed by atoms with Crippen LogP contribution in [0.4, 0.5) is 18.9 Å². The molecule has 0 aromatic heterocycles. The van der Waals surface area contributed by atoms with Gasteiger partial charge < -0.3 is 5.32 Å². The number of carbonyl (C=O) groups is 1. The minimum Gasteiger partial charge on any atom is -0.346 e. The average molecular weight is 338 g/mol. The average Bonchev–Trinajstić information content (AvgIpc) is 2.54. The maximum atomic E-state index is 12.5. The smallest absolute Gasteiger partial charge is 0.346 e. The van der Waals surface area contributed by atoms with E-state index in [9.17, 15) is 28.1 Å². The summed E-state index contributed by atoms with van der Waals surface area (Å²) in [6, 6.07) is 9.01. The van der Waals surface area contributed by atoms with Gasteiger partial charge in [0.15, 0.2) is 0 Å². The lowest BCUT2D eigenvalue weighted by Gasteiger charge is -2.15. The van der Waals surface area contributed by atoms with Crippen molar-refractivity contribution in [2.75, 3.05) is 0 Å². The Morgan fingerprint density at radius 3 is 2.08 bits per heavy atom. The van der Waals surface area contributed by atoms with Crippen molar-refractivity contribution in [3.63, 3.8) is 0 Å². The molecule has 2 aromatic carbocycles. The molecule has 0 saturated carbocycles. The Kier molecular flexibility index (Phi) is 4.87. The third kappa shape index (κ3) is 4.09. The number of rotatable bonds is 4. The summed E-state index contributed by atoms with van der Waals surface area (Å²) >= 11 is 0. The normalized spacial score (nSPS) is 12.5. The number of halogens is 3. The summed E-state index contributed by atoms with van der Waals surface area (Å²) in [6.45, 7) is 1.63. The molecule has 2 aromatic rings. The van der Waals surface area contributed by atoms with E-state index in [1.165, 1.54) is 36.4 Å². The van der Waals surface area contributed by atoms with Crippen molar-refractivity contribution < 1.29 is 22.9 Å². The van der Waals surface area contributed by atoms with Crippen LogP contribution in [0, 0.1) is 10.1 Å². The van der Waals surface area contributed by atoms with E-state index >= 15 is 0 Å². The highest BCUT2D eigenvalue weighted by Gasteiger charge is 2.30. The summed E-state index contributed by atoms with van der Waals surface area (Å²) in [7, 11) is 0. The zero-order valence-electron chi connectivity index (χ0n) is 12.5. The third-order valence-electron chi connectivity index (χ3n) is 3.43. The van der Waals surface area contributed by atoms with Gasteiger partial charge in [-0.05, 0) is 36.8 Å². The summed E-state index contributed by atoms with van der Waals surface area (Å²) in [5, 5.41) is 13.2. The third-order valence-corrected chi connectivity index (χ3v) is 3.43. The number of carbonyl (C=O) groups excluding carboxylic acids is 1. The molecule has 8 heteroatoms. The minimum absolute atomic E-state index is 0.137. The first-order valence-electron chi connectivity index (χ1n) is 6.91. The molecule has 126 valence electrons. The fourth-order valence-corrected chi connectivity index (χ4v) is 2.06. The molecule has 0 saturated heterocycles. The van der Waals surface area contributed by atoms with Gasteiger partial charge in [0.25, 0.3) is 11.6 Å². The van der Waals surface area contributed by atoms with Crippen LogP contribution in [0.15, 0.2) is 48.5 Å². The van der Waals surface area contributed by atoms with E-state index in [1.807, 2.05) is 0 Å². The molecule has 1 amide bonds. The molecular formula is C16H13F3N2O3. The predicted octanol–water partition coefficient (Wildman–Crippen LogP) is 4.10.